The summed E-state index contributed by atoms with van der Waals surface area (Å²) in [6, 6.07) is 3.71. The number of aliphatic hydroxyl groups excluding tert-OH is 2. The molecule has 1 heterocycles. The first kappa shape index (κ1) is 26.9. The summed E-state index contributed by atoms with van der Waals surface area (Å²) in [6.07, 6.45) is -4.86. The first-order chi connectivity index (χ1) is 18.4. The van der Waals surface area contributed by atoms with Crippen LogP contribution < -0.4 is 9.47 Å². The van der Waals surface area contributed by atoms with Crippen molar-refractivity contribution in [3.8, 4) is 11.5 Å². The number of carboxylic acid groups (broad SMARTS) is 2. The standard InChI is InChI=1S/C26H28O13/c1-36-13-5-4-11-9-12-3-2-7-25-17(11)20(13)39-21(25)14(6-8-26(12,25)35)37-23(33)18(29)19(30)24(34)38-15(22(31)32)10-16(27)28/h4-6,12,15,18-19,21,29-30,35H,2-3,7-10H2,1H3,(H,27,28)(H,31,32)/t12-,15+,18+,19+,21+,25+,26-/m0/s1. The van der Waals surface area contributed by atoms with E-state index in [4.69, 9.17) is 24.4 Å². The van der Waals surface area contributed by atoms with Crippen molar-refractivity contribution in [1.29, 1.82) is 0 Å². The van der Waals surface area contributed by atoms with Gasteiger partial charge in [-0.15, -0.1) is 0 Å². The SMILES string of the molecule is COc1ccc2c3c1O[C@@H]1C(OC(=O)[C@H](O)[C@@H](O)C(=O)O[C@H](CC(=O)O)C(=O)O)=CC[C@]4(O)[C@@H](CCC[C@@]314)C2. The van der Waals surface area contributed by atoms with Gasteiger partial charge in [0, 0.05) is 5.56 Å². The molecule has 1 fully saturated rings. The van der Waals surface area contributed by atoms with Crippen molar-refractivity contribution in [2.24, 2.45) is 5.92 Å². The summed E-state index contributed by atoms with van der Waals surface area (Å²) in [7, 11) is 1.49. The number of rotatable bonds is 9. The molecule has 210 valence electrons. The number of benzene rings is 1. The highest BCUT2D eigenvalue weighted by molar-refractivity contribution is 5.88. The van der Waals surface area contributed by atoms with Gasteiger partial charge in [-0.3, -0.25) is 4.79 Å². The number of methoxy groups -OCH3 is 1. The average Bonchev–Trinajstić information content (AvgIpc) is 3.23. The molecule has 0 aromatic heterocycles. The summed E-state index contributed by atoms with van der Waals surface area (Å²) in [5.74, 6) is -5.75. The second-order valence-electron chi connectivity index (χ2n) is 10.3. The van der Waals surface area contributed by atoms with Gasteiger partial charge < -0.3 is 44.5 Å². The second-order valence-corrected chi connectivity index (χ2v) is 10.3. The summed E-state index contributed by atoms with van der Waals surface area (Å²) in [5, 5.41) is 50.3. The van der Waals surface area contributed by atoms with E-state index in [0.29, 0.717) is 24.3 Å². The van der Waals surface area contributed by atoms with Crippen LogP contribution in [0.15, 0.2) is 24.0 Å². The number of ether oxygens (including phenoxy) is 4. The van der Waals surface area contributed by atoms with Crippen LogP contribution in [0.4, 0.5) is 0 Å². The van der Waals surface area contributed by atoms with Crippen molar-refractivity contribution < 1.29 is 63.7 Å². The Labute approximate surface area is 221 Å². The van der Waals surface area contributed by atoms with Crippen molar-refractivity contribution in [3.63, 3.8) is 0 Å². The first-order valence-electron chi connectivity index (χ1n) is 12.5. The molecular weight excluding hydrogens is 520 g/mol. The smallest absolute Gasteiger partial charge is 0.345 e. The lowest BCUT2D eigenvalue weighted by Crippen LogP contribution is -2.67. The molecule has 5 rings (SSSR count). The van der Waals surface area contributed by atoms with Crippen molar-refractivity contribution in [2.75, 3.05) is 7.11 Å². The van der Waals surface area contributed by atoms with Gasteiger partial charge in [0.1, 0.15) is 5.76 Å². The van der Waals surface area contributed by atoms with E-state index in [1.165, 1.54) is 13.2 Å². The number of aliphatic hydroxyl groups is 3. The maximum absolute atomic E-state index is 12.8. The van der Waals surface area contributed by atoms with Gasteiger partial charge in [0.2, 0.25) is 6.10 Å². The van der Waals surface area contributed by atoms with Gasteiger partial charge in [0.25, 0.3) is 0 Å². The molecule has 5 N–H and O–H groups in total. The fourth-order valence-electron chi connectivity index (χ4n) is 6.66. The highest BCUT2D eigenvalue weighted by Crippen LogP contribution is 2.67. The predicted molar refractivity (Wildman–Crippen MR) is 126 cm³/mol. The fraction of sp³-hybridized carbons (Fsp3) is 0.538. The van der Waals surface area contributed by atoms with Gasteiger partial charge in [0.15, 0.2) is 29.8 Å². The molecule has 1 spiro atoms. The lowest BCUT2D eigenvalue weighted by molar-refractivity contribution is -0.182. The Bertz CT molecular complexity index is 1270. The van der Waals surface area contributed by atoms with Gasteiger partial charge in [-0.1, -0.05) is 12.5 Å². The van der Waals surface area contributed by atoms with E-state index in [0.717, 1.165) is 24.0 Å². The van der Waals surface area contributed by atoms with E-state index < -0.39 is 65.7 Å². The quantitative estimate of drug-likeness (QED) is 0.254. The molecule has 4 aliphatic rings. The van der Waals surface area contributed by atoms with Crippen LogP contribution in [0.1, 0.15) is 43.2 Å². The largest absolute Gasteiger partial charge is 0.493 e. The zero-order valence-electron chi connectivity index (χ0n) is 20.9. The van der Waals surface area contributed by atoms with Gasteiger partial charge in [0.05, 0.1) is 24.5 Å². The topological polar surface area (TPSA) is 206 Å². The Kier molecular flexibility index (Phi) is 6.56. The van der Waals surface area contributed by atoms with Crippen LogP contribution in [-0.2, 0) is 40.5 Å². The molecular formula is C26H28O13. The third-order valence-corrected chi connectivity index (χ3v) is 8.36. The molecule has 39 heavy (non-hydrogen) atoms. The van der Waals surface area contributed by atoms with Gasteiger partial charge in [-0.2, -0.15) is 0 Å². The molecule has 1 saturated carbocycles. The van der Waals surface area contributed by atoms with Crippen molar-refractivity contribution in [1.82, 2.24) is 0 Å². The summed E-state index contributed by atoms with van der Waals surface area (Å²) >= 11 is 0. The van der Waals surface area contributed by atoms with Crippen molar-refractivity contribution in [2.45, 2.75) is 74.0 Å². The molecule has 13 nitrogen and oxygen atoms in total. The predicted octanol–water partition coefficient (Wildman–Crippen LogP) is -0.195. The Morgan fingerprint density at radius 3 is 2.51 bits per heavy atom. The minimum atomic E-state index is -2.56. The highest BCUT2D eigenvalue weighted by atomic mass is 16.6. The summed E-state index contributed by atoms with van der Waals surface area (Å²) in [6.45, 7) is 0. The van der Waals surface area contributed by atoms with E-state index in [1.807, 2.05) is 6.07 Å². The van der Waals surface area contributed by atoms with Crippen LogP contribution >= 0.6 is 0 Å². The van der Waals surface area contributed by atoms with Crippen LogP contribution in [-0.4, -0.2) is 86.5 Å². The molecule has 0 saturated heterocycles. The van der Waals surface area contributed by atoms with Gasteiger partial charge in [-0.25, -0.2) is 14.4 Å². The second kappa shape index (κ2) is 9.50. The number of carboxylic acids is 2. The summed E-state index contributed by atoms with van der Waals surface area (Å²) in [4.78, 5) is 46.9. The molecule has 1 aliphatic heterocycles. The van der Waals surface area contributed by atoms with Crippen molar-refractivity contribution in [3.05, 3.63) is 35.1 Å². The number of hydrogen-bond donors (Lipinski definition) is 5. The highest BCUT2D eigenvalue weighted by Gasteiger charge is 2.71. The average molecular weight is 548 g/mol. The monoisotopic (exact) mass is 548 g/mol. The van der Waals surface area contributed by atoms with Gasteiger partial charge >= 0.3 is 23.9 Å². The van der Waals surface area contributed by atoms with E-state index in [2.05, 4.69) is 4.74 Å². The minimum absolute atomic E-state index is 0.0228. The summed E-state index contributed by atoms with van der Waals surface area (Å²) < 4.78 is 21.7. The van der Waals surface area contributed by atoms with E-state index >= 15 is 0 Å². The molecule has 7 atom stereocenters. The Morgan fingerprint density at radius 1 is 1.13 bits per heavy atom. The van der Waals surface area contributed by atoms with Gasteiger partial charge in [-0.05, 0) is 49.3 Å². The summed E-state index contributed by atoms with van der Waals surface area (Å²) in [5.41, 5.74) is -0.336. The Balaban J connectivity index is 1.39. The Morgan fingerprint density at radius 2 is 1.85 bits per heavy atom. The first-order valence-corrected chi connectivity index (χ1v) is 12.5. The Hall–Kier alpha value is -3.68. The molecule has 0 unspecified atom stereocenters. The number of hydrogen-bond acceptors (Lipinski definition) is 11. The van der Waals surface area contributed by atoms with E-state index in [1.54, 1.807) is 6.07 Å². The fourth-order valence-corrected chi connectivity index (χ4v) is 6.66. The van der Waals surface area contributed by atoms with Crippen LogP contribution in [0.5, 0.6) is 11.5 Å². The molecule has 1 aromatic rings. The number of esters is 2. The minimum Gasteiger partial charge on any atom is -0.493 e. The molecule has 0 radical (unpaired) electrons. The molecule has 3 aliphatic carbocycles. The third kappa shape index (κ3) is 3.95. The number of carbonyl (C=O) groups excluding carboxylic acids is 2. The van der Waals surface area contributed by atoms with Crippen LogP contribution in [0.3, 0.4) is 0 Å². The van der Waals surface area contributed by atoms with Crippen molar-refractivity contribution >= 4 is 23.9 Å². The maximum Gasteiger partial charge on any atom is 0.345 e. The van der Waals surface area contributed by atoms with Crippen LogP contribution in [0.25, 0.3) is 0 Å². The molecule has 13 heteroatoms. The number of carbonyl (C=O) groups is 4. The third-order valence-electron chi connectivity index (χ3n) is 8.36. The normalized spacial score (nSPS) is 30.0. The lowest BCUT2D eigenvalue weighted by atomic mass is 9.47. The van der Waals surface area contributed by atoms with Crippen LogP contribution in [0.2, 0.25) is 0 Å². The zero-order valence-corrected chi connectivity index (χ0v) is 20.9. The van der Waals surface area contributed by atoms with E-state index in [9.17, 15) is 34.5 Å². The molecule has 2 bridgehead atoms. The lowest BCUT2D eigenvalue weighted by Gasteiger charge is -2.59. The maximum atomic E-state index is 12.8. The van der Waals surface area contributed by atoms with E-state index in [-0.39, 0.29) is 18.1 Å². The zero-order chi connectivity index (χ0) is 28.3. The molecule has 0 amide bonds. The van der Waals surface area contributed by atoms with Crippen LogP contribution in [0, 0.1) is 5.92 Å². The molecule has 1 aromatic carbocycles. The number of aliphatic carboxylic acids is 2.